The summed E-state index contributed by atoms with van der Waals surface area (Å²) in [4.78, 5) is 26.2. The van der Waals surface area contributed by atoms with E-state index in [-0.39, 0.29) is 31.5 Å². The molecule has 19 heavy (non-hydrogen) atoms. The molecule has 108 valence electrons. The molecule has 0 aromatic rings. The summed E-state index contributed by atoms with van der Waals surface area (Å²) >= 11 is 0. The monoisotopic (exact) mass is 272 g/mol. The molecule has 1 unspecified atom stereocenters. The first-order chi connectivity index (χ1) is 9.02. The number of hydrogen-bond donors (Lipinski definition) is 3. The van der Waals surface area contributed by atoms with E-state index in [0.29, 0.717) is 13.1 Å². The minimum atomic E-state index is -1.08. The summed E-state index contributed by atoms with van der Waals surface area (Å²) in [5, 5.41) is 27.8. The Morgan fingerprint density at radius 2 is 2.00 bits per heavy atom. The lowest BCUT2D eigenvalue weighted by molar-refractivity contribution is -0.141. The van der Waals surface area contributed by atoms with E-state index >= 15 is 0 Å². The molecule has 7 heteroatoms. The molecule has 2 aliphatic heterocycles. The molecule has 2 rings (SSSR count). The van der Waals surface area contributed by atoms with E-state index in [2.05, 4.69) is 0 Å². The second-order valence-electron chi connectivity index (χ2n) is 5.32. The van der Waals surface area contributed by atoms with Crippen molar-refractivity contribution in [2.24, 2.45) is 5.92 Å². The Hall–Kier alpha value is -1.34. The van der Waals surface area contributed by atoms with Crippen molar-refractivity contribution in [1.82, 2.24) is 9.80 Å². The summed E-state index contributed by atoms with van der Waals surface area (Å²) < 4.78 is 0. The number of aliphatic hydroxyl groups is 2. The van der Waals surface area contributed by atoms with Crippen LogP contribution in [0.15, 0.2) is 0 Å². The lowest BCUT2D eigenvalue weighted by Gasteiger charge is -2.35. The topological polar surface area (TPSA) is 101 Å². The Balaban J connectivity index is 2.03. The quantitative estimate of drug-likeness (QED) is 0.619. The number of urea groups is 1. The number of nitrogens with zero attached hydrogens (tertiary/aromatic N) is 2. The molecule has 0 bridgehead atoms. The Morgan fingerprint density at radius 1 is 1.26 bits per heavy atom. The van der Waals surface area contributed by atoms with E-state index < -0.39 is 18.1 Å². The van der Waals surface area contributed by atoms with Crippen LogP contribution in [0.4, 0.5) is 4.79 Å². The fraction of sp³-hybridized carbons (Fsp3) is 0.833. The van der Waals surface area contributed by atoms with Crippen molar-refractivity contribution in [1.29, 1.82) is 0 Å². The summed E-state index contributed by atoms with van der Waals surface area (Å²) in [5.74, 6) is -1.02. The van der Waals surface area contributed by atoms with E-state index in [4.69, 9.17) is 10.2 Å². The smallest absolute Gasteiger partial charge is 0.326 e. The maximum atomic E-state index is 12.3. The zero-order valence-corrected chi connectivity index (χ0v) is 10.7. The number of rotatable bonds is 2. The van der Waals surface area contributed by atoms with Gasteiger partial charge in [-0.15, -0.1) is 0 Å². The van der Waals surface area contributed by atoms with E-state index in [1.807, 2.05) is 0 Å². The average Bonchev–Trinajstić information content (AvgIpc) is 2.80. The highest BCUT2D eigenvalue weighted by atomic mass is 16.4. The van der Waals surface area contributed by atoms with Gasteiger partial charge in [0.15, 0.2) is 0 Å². The van der Waals surface area contributed by atoms with Crippen LogP contribution in [0.5, 0.6) is 0 Å². The number of carboxylic acid groups (broad SMARTS) is 1. The fourth-order valence-corrected chi connectivity index (χ4v) is 2.83. The first kappa shape index (κ1) is 14.1. The zero-order valence-electron chi connectivity index (χ0n) is 10.7. The van der Waals surface area contributed by atoms with E-state index in [1.165, 1.54) is 4.90 Å². The molecule has 2 amide bonds. The number of carbonyl (C=O) groups excluding carboxylic acids is 1. The predicted octanol–water partition coefficient (Wildman–Crippen LogP) is -0.669. The maximum absolute atomic E-state index is 12.3. The molecule has 2 aliphatic rings. The van der Waals surface area contributed by atoms with Gasteiger partial charge in [-0.25, -0.2) is 9.59 Å². The lowest BCUT2D eigenvalue weighted by atomic mass is 9.99. The number of amides is 2. The van der Waals surface area contributed by atoms with Crippen molar-refractivity contribution in [3.05, 3.63) is 0 Å². The largest absolute Gasteiger partial charge is 0.480 e. The van der Waals surface area contributed by atoms with Gasteiger partial charge in [-0.2, -0.15) is 0 Å². The molecule has 2 fully saturated rings. The van der Waals surface area contributed by atoms with Gasteiger partial charge in [0.25, 0.3) is 0 Å². The van der Waals surface area contributed by atoms with Gasteiger partial charge in [0.2, 0.25) is 0 Å². The molecular weight excluding hydrogens is 252 g/mol. The van der Waals surface area contributed by atoms with Crippen molar-refractivity contribution in [3.63, 3.8) is 0 Å². The molecule has 0 aromatic heterocycles. The van der Waals surface area contributed by atoms with E-state index in [0.717, 1.165) is 12.8 Å². The molecule has 0 aliphatic carbocycles. The Kier molecular flexibility index (Phi) is 4.26. The van der Waals surface area contributed by atoms with Gasteiger partial charge in [-0.1, -0.05) is 0 Å². The molecular formula is C12H20N2O5. The second-order valence-corrected chi connectivity index (χ2v) is 5.32. The van der Waals surface area contributed by atoms with Crippen LogP contribution in [0.2, 0.25) is 0 Å². The minimum absolute atomic E-state index is 0.0365. The standard InChI is InChI=1S/C12H20N2O5/c15-7-8-2-1-3-13(5-8)12(19)14-6-9(16)4-10(14)11(17)18/h8-10,15-16H,1-7H2,(H,17,18)/t8?,9-,10-/m0/s1. The normalized spacial score (nSPS) is 31.6. The zero-order chi connectivity index (χ0) is 14.0. The number of aliphatic hydroxyl groups excluding tert-OH is 2. The van der Waals surface area contributed by atoms with Gasteiger partial charge in [-0.3, -0.25) is 0 Å². The third-order valence-corrected chi connectivity index (χ3v) is 3.86. The van der Waals surface area contributed by atoms with Crippen molar-refractivity contribution < 1.29 is 24.9 Å². The SMILES string of the molecule is O=C(O)[C@@H]1C[C@H](O)CN1C(=O)N1CCCC(CO)C1. The highest BCUT2D eigenvalue weighted by Gasteiger charge is 2.41. The molecule has 0 spiro atoms. The van der Waals surface area contributed by atoms with Gasteiger partial charge in [-0.05, 0) is 18.8 Å². The molecule has 2 saturated heterocycles. The summed E-state index contributed by atoms with van der Waals surface area (Å²) in [7, 11) is 0. The van der Waals surface area contributed by atoms with Crippen LogP contribution in [0, 0.1) is 5.92 Å². The van der Waals surface area contributed by atoms with Gasteiger partial charge < -0.3 is 25.1 Å². The molecule has 0 aromatic carbocycles. The molecule has 2 heterocycles. The van der Waals surface area contributed by atoms with Gasteiger partial charge >= 0.3 is 12.0 Å². The van der Waals surface area contributed by atoms with Crippen LogP contribution in [0.25, 0.3) is 0 Å². The molecule has 3 atom stereocenters. The van der Waals surface area contributed by atoms with Crippen LogP contribution < -0.4 is 0 Å². The van der Waals surface area contributed by atoms with Gasteiger partial charge in [0, 0.05) is 32.7 Å². The Labute approximate surface area is 111 Å². The third kappa shape index (κ3) is 2.98. The Bertz CT molecular complexity index is 362. The van der Waals surface area contributed by atoms with Gasteiger partial charge in [0.1, 0.15) is 6.04 Å². The van der Waals surface area contributed by atoms with Crippen LogP contribution in [0.1, 0.15) is 19.3 Å². The summed E-state index contributed by atoms with van der Waals surface area (Å²) in [5.41, 5.74) is 0. The van der Waals surface area contributed by atoms with Crippen LogP contribution in [-0.4, -0.2) is 75.5 Å². The van der Waals surface area contributed by atoms with Crippen molar-refractivity contribution in [2.75, 3.05) is 26.2 Å². The summed E-state index contributed by atoms with van der Waals surface area (Å²) in [6.45, 7) is 1.13. The van der Waals surface area contributed by atoms with Crippen molar-refractivity contribution >= 4 is 12.0 Å². The van der Waals surface area contributed by atoms with Crippen LogP contribution in [-0.2, 0) is 4.79 Å². The minimum Gasteiger partial charge on any atom is -0.480 e. The average molecular weight is 272 g/mol. The number of likely N-dealkylation sites (tertiary alicyclic amines) is 2. The number of carboxylic acids is 1. The first-order valence-corrected chi connectivity index (χ1v) is 6.60. The van der Waals surface area contributed by atoms with E-state index in [9.17, 15) is 14.7 Å². The van der Waals surface area contributed by atoms with Gasteiger partial charge in [0.05, 0.1) is 6.10 Å². The number of aliphatic carboxylic acids is 1. The number of piperidine rings is 1. The number of hydrogen-bond acceptors (Lipinski definition) is 4. The molecule has 3 N–H and O–H groups in total. The second kappa shape index (κ2) is 5.75. The summed E-state index contributed by atoms with van der Waals surface area (Å²) in [6, 6.07) is -1.29. The lowest BCUT2D eigenvalue weighted by Crippen LogP contribution is -2.51. The number of β-amino-alcohol motifs (C(OH)–C–C–N with tert-alkyl or cyclic N) is 1. The Morgan fingerprint density at radius 3 is 2.63 bits per heavy atom. The number of carbonyl (C=O) groups is 2. The molecule has 0 radical (unpaired) electrons. The maximum Gasteiger partial charge on any atom is 0.326 e. The third-order valence-electron chi connectivity index (χ3n) is 3.86. The van der Waals surface area contributed by atoms with Crippen LogP contribution in [0.3, 0.4) is 0 Å². The highest BCUT2D eigenvalue weighted by Crippen LogP contribution is 2.23. The van der Waals surface area contributed by atoms with Crippen molar-refractivity contribution in [2.45, 2.75) is 31.4 Å². The highest BCUT2D eigenvalue weighted by molar-refractivity contribution is 5.83. The van der Waals surface area contributed by atoms with Crippen molar-refractivity contribution in [3.8, 4) is 0 Å². The fourth-order valence-electron chi connectivity index (χ4n) is 2.83. The predicted molar refractivity (Wildman–Crippen MR) is 65.5 cm³/mol. The first-order valence-electron chi connectivity index (χ1n) is 6.60. The molecule has 7 nitrogen and oxygen atoms in total. The van der Waals surface area contributed by atoms with Crippen LogP contribution >= 0.6 is 0 Å². The summed E-state index contributed by atoms with van der Waals surface area (Å²) in [6.07, 6.45) is 0.998. The molecule has 0 saturated carbocycles. The van der Waals surface area contributed by atoms with E-state index in [1.54, 1.807) is 4.90 Å².